The summed E-state index contributed by atoms with van der Waals surface area (Å²) in [7, 11) is 0. The van der Waals surface area contributed by atoms with Gasteiger partial charge in [-0.25, -0.2) is 9.59 Å². The van der Waals surface area contributed by atoms with Crippen LogP contribution in [-0.2, 0) is 21.9 Å². The number of ether oxygens (including phenoxy) is 2. The Morgan fingerprint density at radius 3 is 1.68 bits per heavy atom. The first-order chi connectivity index (χ1) is 31.7. The van der Waals surface area contributed by atoms with E-state index < -0.39 is 53.7 Å². The van der Waals surface area contributed by atoms with Crippen LogP contribution in [0.1, 0.15) is 73.3 Å². The molecule has 3 aliphatic rings. The molecule has 3 saturated heterocycles. The number of piperidine rings is 3. The summed E-state index contributed by atoms with van der Waals surface area (Å²) in [4.78, 5) is 29.5. The Morgan fingerprint density at radius 1 is 0.765 bits per heavy atom. The number of para-hydroxylation sites is 1. The molecule has 0 radical (unpaired) electrons. The lowest BCUT2D eigenvalue weighted by molar-refractivity contribution is -0.146. The topological polar surface area (TPSA) is 129 Å². The largest absolute Gasteiger partial charge is 0.478 e. The van der Waals surface area contributed by atoms with Crippen LogP contribution in [0, 0.1) is 11.3 Å². The number of fused-ring (bicyclic) bond motifs is 4. The van der Waals surface area contributed by atoms with E-state index in [2.05, 4.69) is 35.5 Å². The number of carbonyl (C=O) groups is 2. The molecule has 68 heavy (non-hydrogen) atoms. The van der Waals surface area contributed by atoms with Crippen LogP contribution in [0.15, 0.2) is 146 Å². The van der Waals surface area contributed by atoms with Crippen LogP contribution in [-0.4, -0.2) is 56.3 Å². The number of aliphatic carboxylic acids is 2. The number of halogens is 8. The minimum absolute atomic E-state index is 0. The third kappa shape index (κ3) is 13.1. The number of hydrogen-bond acceptors (Lipinski definition) is 7. The molecular weight excluding hydrogens is 937 g/mol. The van der Waals surface area contributed by atoms with Crippen LogP contribution in [0.25, 0.3) is 10.9 Å². The smallest absolute Gasteiger partial charge is 0.416 e. The molecule has 5 unspecified atom stereocenters. The molecule has 360 valence electrons. The van der Waals surface area contributed by atoms with Crippen LogP contribution < -0.4 is 9.47 Å². The van der Waals surface area contributed by atoms with E-state index in [1.807, 2.05) is 30.5 Å². The molecule has 3 N–H and O–H groups in total. The first-order valence-corrected chi connectivity index (χ1v) is 21.5. The molecule has 6 aromatic rings. The Kier molecular flexibility index (Phi) is 17.3. The van der Waals surface area contributed by atoms with Gasteiger partial charge in [0.05, 0.1) is 22.7 Å². The number of rotatable bonds is 11. The zero-order valence-electron chi connectivity index (χ0n) is 35.6. The van der Waals surface area contributed by atoms with E-state index in [1.54, 1.807) is 0 Å². The number of carboxylic acids is 2. The molecule has 2 bridgehead atoms. The lowest BCUT2D eigenvalue weighted by Gasteiger charge is -2.55. The van der Waals surface area contributed by atoms with Crippen molar-refractivity contribution in [3.63, 3.8) is 0 Å². The molecule has 7 atom stereocenters. The predicted molar refractivity (Wildman–Crippen MR) is 248 cm³/mol. The standard InChI is InChI=1S/C20H24N2O.2C15H10ClF3O3.CH4/c1-3-20(2)13-22-11-9-14(20)12-18(22)19(23)16-8-10-21-17-7-5-4-6-15(16)17;2*16-11-6-4-9(5-7-11)13(14(20)21)22-12-3-1-2-10(8-12)15(17,18)19;/h3-8,10,14,18-19,23H,1,9,11-13H2,2H3;2*1-8,13H,(H,20,21);1H4/t14?,18-,19-,20?;;;/m1.../s1. The van der Waals surface area contributed by atoms with Crippen molar-refractivity contribution in [1.29, 1.82) is 0 Å². The van der Waals surface area contributed by atoms with Gasteiger partial charge in [0.2, 0.25) is 12.2 Å². The Balaban J connectivity index is 0.000000189. The van der Waals surface area contributed by atoms with Gasteiger partial charge in [0.1, 0.15) is 11.5 Å². The van der Waals surface area contributed by atoms with E-state index in [0.717, 1.165) is 72.4 Å². The van der Waals surface area contributed by atoms with Gasteiger partial charge in [-0.2, -0.15) is 26.3 Å². The van der Waals surface area contributed by atoms with Gasteiger partial charge in [0.15, 0.2) is 0 Å². The van der Waals surface area contributed by atoms with Crippen molar-refractivity contribution < 1.29 is 60.7 Å². The summed E-state index contributed by atoms with van der Waals surface area (Å²) < 4.78 is 86.3. The maximum Gasteiger partial charge on any atom is 0.416 e. The highest BCUT2D eigenvalue weighted by molar-refractivity contribution is 6.30. The molecule has 0 spiro atoms. The molecule has 1 aromatic heterocycles. The summed E-state index contributed by atoms with van der Waals surface area (Å²) in [6, 6.07) is 30.0. The van der Waals surface area contributed by atoms with E-state index in [4.69, 9.17) is 32.7 Å². The maximum absolute atomic E-state index is 12.6. The van der Waals surface area contributed by atoms with Crippen molar-refractivity contribution >= 4 is 46.0 Å². The van der Waals surface area contributed by atoms with Crippen molar-refractivity contribution in [2.75, 3.05) is 13.1 Å². The second-order valence-corrected chi connectivity index (χ2v) is 17.0. The van der Waals surface area contributed by atoms with Crippen molar-refractivity contribution in [2.45, 2.75) is 63.9 Å². The first-order valence-electron chi connectivity index (χ1n) is 20.7. The lowest BCUT2D eigenvalue weighted by Crippen LogP contribution is -2.58. The Morgan fingerprint density at radius 2 is 1.25 bits per heavy atom. The highest BCUT2D eigenvalue weighted by Gasteiger charge is 2.48. The van der Waals surface area contributed by atoms with Gasteiger partial charge in [-0.15, -0.1) is 6.58 Å². The number of carboxylic acid groups (broad SMARTS) is 2. The van der Waals surface area contributed by atoms with E-state index in [-0.39, 0.29) is 41.5 Å². The van der Waals surface area contributed by atoms with Gasteiger partial charge in [-0.1, -0.05) is 98.2 Å². The highest BCUT2D eigenvalue weighted by Crippen LogP contribution is 2.48. The maximum atomic E-state index is 12.6. The number of hydrogen-bond donors (Lipinski definition) is 3. The summed E-state index contributed by atoms with van der Waals surface area (Å²) in [6.45, 7) is 8.44. The average molecular weight is 986 g/mol. The minimum atomic E-state index is -4.53. The van der Waals surface area contributed by atoms with E-state index in [1.165, 1.54) is 67.1 Å². The van der Waals surface area contributed by atoms with Crippen LogP contribution in [0.3, 0.4) is 0 Å². The first kappa shape index (κ1) is 52.8. The number of aliphatic hydroxyl groups is 1. The average Bonchev–Trinajstić information content (AvgIpc) is 3.30. The second-order valence-electron chi connectivity index (χ2n) is 16.2. The van der Waals surface area contributed by atoms with Crippen LogP contribution >= 0.6 is 23.2 Å². The molecule has 9 nitrogen and oxygen atoms in total. The minimum Gasteiger partial charge on any atom is -0.478 e. The molecule has 5 aromatic carbocycles. The molecular formula is C51H48Cl2F6N2O7. The van der Waals surface area contributed by atoms with Crippen molar-refractivity contribution in [3.8, 4) is 11.5 Å². The lowest BCUT2D eigenvalue weighted by atomic mass is 9.65. The number of aromatic nitrogens is 1. The van der Waals surface area contributed by atoms with Gasteiger partial charge < -0.3 is 24.8 Å². The van der Waals surface area contributed by atoms with Crippen molar-refractivity contribution in [2.24, 2.45) is 11.3 Å². The van der Waals surface area contributed by atoms with Crippen LogP contribution in [0.4, 0.5) is 26.3 Å². The fourth-order valence-electron chi connectivity index (χ4n) is 8.11. The summed E-state index contributed by atoms with van der Waals surface area (Å²) in [6.07, 6.45) is -6.19. The SMILES string of the molecule is C.C=CC1(C)CN2CCC1C[C@@H]2[C@H](O)c1ccnc2ccccc12.O=C(O)C(Oc1cccc(C(F)(F)F)c1)c1ccc(Cl)cc1.O=C(O)C(Oc1cccc(C(F)(F)F)c1)c1ccc(Cl)cc1. The summed E-state index contributed by atoms with van der Waals surface area (Å²) in [5.74, 6) is -2.38. The number of aliphatic hydroxyl groups excluding tert-OH is 1. The summed E-state index contributed by atoms with van der Waals surface area (Å²) >= 11 is 11.4. The van der Waals surface area contributed by atoms with Gasteiger partial charge in [0.25, 0.3) is 0 Å². The molecule has 3 aliphatic heterocycles. The fraction of sp³-hybridized carbons (Fsp3) is 0.275. The zero-order valence-corrected chi connectivity index (χ0v) is 37.1. The van der Waals surface area contributed by atoms with Gasteiger partial charge in [-0.05, 0) is 104 Å². The number of benzene rings is 5. The highest BCUT2D eigenvalue weighted by atomic mass is 35.5. The molecule has 9 rings (SSSR count). The van der Waals surface area contributed by atoms with E-state index in [0.29, 0.717) is 16.0 Å². The number of nitrogens with zero attached hydrogens (tertiary/aromatic N) is 2. The Bertz CT molecular complexity index is 2540. The van der Waals surface area contributed by atoms with Gasteiger partial charge in [0, 0.05) is 50.8 Å². The second kappa shape index (κ2) is 22.3. The van der Waals surface area contributed by atoms with Gasteiger partial charge >= 0.3 is 24.3 Å². The predicted octanol–water partition coefficient (Wildman–Crippen LogP) is 13.3. The Labute approximate surface area is 399 Å². The third-order valence-corrected chi connectivity index (χ3v) is 12.2. The zero-order chi connectivity index (χ0) is 48.7. The van der Waals surface area contributed by atoms with E-state index in [9.17, 15) is 51.3 Å². The Hall–Kier alpha value is -6.13. The van der Waals surface area contributed by atoms with E-state index >= 15 is 0 Å². The van der Waals surface area contributed by atoms with Crippen LogP contribution in [0.5, 0.6) is 11.5 Å². The number of alkyl halides is 6. The normalized spacial score (nSPS) is 19.9. The monoisotopic (exact) mass is 984 g/mol. The molecule has 0 amide bonds. The summed E-state index contributed by atoms with van der Waals surface area (Å²) in [5, 5.41) is 31.4. The molecule has 4 heterocycles. The van der Waals surface area contributed by atoms with Crippen molar-refractivity contribution in [1.82, 2.24) is 9.88 Å². The number of pyridine rings is 1. The molecule has 3 fully saturated rings. The molecule has 17 heteroatoms. The van der Waals surface area contributed by atoms with Crippen LogP contribution in [0.2, 0.25) is 10.0 Å². The molecule has 0 saturated carbocycles. The van der Waals surface area contributed by atoms with Gasteiger partial charge in [-0.3, -0.25) is 9.88 Å². The molecule has 0 aliphatic carbocycles. The summed E-state index contributed by atoms with van der Waals surface area (Å²) in [5.41, 5.74) is 0.873. The van der Waals surface area contributed by atoms with Crippen molar-refractivity contribution in [3.05, 3.63) is 184 Å². The quantitative estimate of drug-likeness (QED) is 0.0858. The fourth-order valence-corrected chi connectivity index (χ4v) is 8.36. The third-order valence-electron chi connectivity index (χ3n) is 11.7.